The zero-order valence-electron chi connectivity index (χ0n) is 10.7. The molecule has 2 N–H and O–H groups in total. The fourth-order valence-electron chi connectivity index (χ4n) is 2.69. The van der Waals surface area contributed by atoms with Crippen molar-refractivity contribution in [1.82, 2.24) is 0 Å². The third kappa shape index (κ3) is 2.86. The molecule has 1 aliphatic carbocycles. The summed E-state index contributed by atoms with van der Waals surface area (Å²) in [6.07, 6.45) is 5.48. The fourth-order valence-corrected chi connectivity index (χ4v) is 2.86. The second-order valence-electron chi connectivity index (χ2n) is 5.19. The molecule has 0 aliphatic heterocycles. The highest BCUT2D eigenvalue weighted by Crippen LogP contribution is 2.32. The number of nitrogen functional groups attached to an aromatic ring is 1. The van der Waals surface area contributed by atoms with E-state index in [0.717, 1.165) is 34.4 Å². The molecule has 0 aromatic heterocycles. The molecule has 1 aromatic rings. The lowest BCUT2D eigenvalue weighted by atomic mass is 10.1. The van der Waals surface area contributed by atoms with Gasteiger partial charge in [-0.3, -0.25) is 0 Å². The maximum Gasteiger partial charge on any atom is 0.0601 e. The Bertz CT molecular complexity index is 397. The first kappa shape index (κ1) is 12.6. The minimum absolute atomic E-state index is 0.750. The van der Waals surface area contributed by atoms with E-state index in [1.54, 1.807) is 0 Å². The predicted octanol–water partition coefficient (Wildman–Crippen LogP) is 3.86. The first-order chi connectivity index (χ1) is 8.08. The monoisotopic (exact) mass is 252 g/mol. The maximum absolute atomic E-state index is 6.06. The van der Waals surface area contributed by atoms with E-state index in [-0.39, 0.29) is 0 Å². The van der Waals surface area contributed by atoms with Crippen LogP contribution in [0.3, 0.4) is 0 Å². The van der Waals surface area contributed by atoms with Crippen molar-refractivity contribution in [3.05, 3.63) is 22.7 Å². The highest BCUT2D eigenvalue weighted by atomic mass is 35.5. The van der Waals surface area contributed by atoms with Crippen molar-refractivity contribution in [2.45, 2.75) is 32.6 Å². The van der Waals surface area contributed by atoms with Crippen molar-refractivity contribution in [2.75, 3.05) is 24.2 Å². The second kappa shape index (κ2) is 5.18. The van der Waals surface area contributed by atoms with Crippen LogP contribution in [0.5, 0.6) is 0 Å². The molecular formula is C14H21ClN2. The van der Waals surface area contributed by atoms with Crippen LogP contribution in [0, 0.1) is 12.8 Å². The smallest absolute Gasteiger partial charge is 0.0601 e. The Hall–Kier alpha value is -0.890. The molecular weight excluding hydrogens is 232 g/mol. The molecule has 2 rings (SSSR count). The highest BCUT2D eigenvalue weighted by molar-refractivity contribution is 6.31. The van der Waals surface area contributed by atoms with E-state index in [2.05, 4.69) is 18.0 Å². The summed E-state index contributed by atoms with van der Waals surface area (Å²) in [5.41, 5.74) is 9.02. The summed E-state index contributed by atoms with van der Waals surface area (Å²) in [6, 6.07) is 3.95. The lowest BCUT2D eigenvalue weighted by Gasteiger charge is -2.25. The number of nitrogens with zero attached hydrogens (tertiary/aromatic N) is 1. The number of anilines is 2. The van der Waals surface area contributed by atoms with Crippen LogP contribution in [0.2, 0.25) is 5.02 Å². The average Bonchev–Trinajstić information content (AvgIpc) is 2.76. The van der Waals surface area contributed by atoms with Gasteiger partial charge in [-0.25, -0.2) is 0 Å². The molecule has 3 heteroatoms. The van der Waals surface area contributed by atoms with Crippen LogP contribution in [0.15, 0.2) is 12.1 Å². The highest BCUT2D eigenvalue weighted by Gasteiger charge is 2.18. The average molecular weight is 253 g/mol. The molecule has 0 bridgehead atoms. The molecule has 0 radical (unpaired) electrons. The van der Waals surface area contributed by atoms with Crippen molar-refractivity contribution >= 4 is 23.0 Å². The van der Waals surface area contributed by atoms with E-state index in [0.29, 0.717) is 0 Å². The molecule has 0 saturated heterocycles. The van der Waals surface area contributed by atoms with Gasteiger partial charge in [0.2, 0.25) is 0 Å². The minimum Gasteiger partial charge on any atom is -0.397 e. The van der Waals surface area contributed by atoms with Crippen LogP contribution in [0.1, 0.15) is 31.2 Å². The Kier molecular flexibility index (Phi) is 3.82. The molecule has 1 aliphatic rings. The van der Waals surface area contributed by atoms with Gasteiger partial charge in [-0.1, -0.05) is 24.4 Å². The number of halogens is 1. The number of nitrogens with two attached hydrogens (primary N) is 1. The van der Waals surface area contributed by atoms with Gasteiger partial charge in [0.1, 0.15) is 0 Å². The molecule has 0 unspecified atom stereocenters. The largest absolute Gasteiger partial charge is 0.397 e. The Morgan fingerprint density at radius 2 is 2.00 bits per heavy atom. The molecule has 1 fully saturated rings. The summed E-state index contributed by atoms with van der Waals surface area (Å²) >= 11 is 6.06. The van der Waals surface area contributed by atoms with Crippen molar-refractivity contribution in [2.24, 2.45) is 5.92 Å². The van der Waals surface area contributed by atoms with Gasteiger partial charge < -0.3 is 10.6 Å². The molecule has 0 amide bonds. The number of aryl methyl sites for hydroxylation is 1. The van der Waals surface area contributed by atoms with Crippen LogP contribution in [0.4, 0.5) is 11.4 Å². The van der Waals surface area contributed by atoms with E-state index < -0.39 is 0 Å². The summed E-state index contributed by atoms with van der Waals surface area (Å²) in [4.78, 5) is 2.27. The van der Waals surface area contributed by atoms with Crippen molar-refractivity contribution in [1.29, 1.82) is 0 Å². The Morgan fingerprint density at radius 3 is 2.65 bits per heavy atom. The number of hydrogen-bond donors (Lipinski definition) is 1. The second-order valence-corrected chi connectivity index (χ2v) is 5.60. The van der Waals surface area contributed by atoms with E-state index in [1.807, 2.05) is 13.0 Å². The minimum atomic E-state index is 0.750. The summed E-state index contributed by atoms with van der Waals surface area (Å²) in [5, 5.41) is 0.750. The molecule has 94 valence electrons. The van der Waals surface area contributed by atoms with Crippen LogP contribution < -0.4 is 10.6 Å². The van der Waals surface area contributed by atoms with Crippen LogP contribution in [0.25, 0.3) is 0 Å². The van der Waals surface area contributed by atoms with Crippen LogP contribution >= 0.6 is 11.6 Å². The Balaban J connectivity index is 2.12. The molecule has 0 heterocycles. The van der Waals surface area contributed by atoms with Crippen LogP contribution in [-0.4, -0.2) is 13.6 Å². The predicted molar refractivity (Wildman–Crippen MR) is 75.8 cm³/mol. The normalized spacial score (nSPS) is 16.4. The zero-order valence-corrected chi connectivity index (χ0v) is 11.4. The van der Waals surface area contributed by atoms with E-state index in [1.165, 1.54) is 25.7 Å². The maximum atomic E-state index is 6.06. The summed E-state index contributed by atoms with van der Waals surface area (Å²) in [7, 11) is 2.12. The third-order valence-electron chi connectivity index (χ3n) is 3.73. The summed E-state index contributed by atoms with van der Waals surface area (Å²) < 4.78 is 0. The van der Waals surface area contributed by atoms with Gasteiger partial charge in [0, 0.05) is 18.6 Å². The summed E-state index contributed by atoms with van der Waals surface area (Å²) in [5.74, 6) is 0.829. The molecule has 17 heavy (non-hydrogen) atoms. The van der Waals surface area contributed by atoms with Crippen LogP contribution in [-0.2, 0) is 0 Å². The quantitative estimate of drug-likeness (QED) is 0.828. The van der Waals surface area contributed by atoms with Gasteiger partial charge >= 0.3 is 0 Å². The molecule has 1 aromatic carbocycles. The van der Waals surface area contributed by atoms with Gasteiger partial charge in [-0.05, 0) is 43.4 Å². The van der Waals surface area contributed by atoms with Gasteiger partial charge in [-0.2, -0.15) is 0 Å². The SMILES string of the molecule is Cc1cc(N(C)CC2CCCC2)c(N)cc1Cl. The third-order valence-corrected chi connectivity index (χ3v) is 4.13. The first-order valence-corrected chi connectivity index (χ1v) is 6.72. The molecule has 1 saturated carbocycles. The number of rotatable bonds is 3. The van der Waals surface area contributed by atoms with Gasteiger partial charge in [0.25, 0.3) is 0 Å². The van der Waals surface area contributed by atoms with Gasteiger partial charge in [-0.15, -0.1) is 0 Å². The standard InChI is InChI=1S/C14H21ClN2/c1-10-7-14(13(16)8-12(10)15)17(2)9-11-5-3-4-6-11/h7-8,11H,3-6,9,16H2,1-2H3. The number of hydrogen-bond acceptors (Lipinski definition) is 2. The Labute approximate surface area is 109 Å². The lowest BCUT2D eigenvalue weighted by Crippen LogP contribution is -2.24. The van der Waals surface area contributed by atoms with E-state index in [4.69, 9.17) is 17.3 Å². The van der Waals surface area contributed by atoms with E-state index >= 15 is 0 Å². The van der Waals surface area contributed by atoms with Crippen molar-refractivity contribution in [3.8, 4) is 0 Å². The van der Waals surface area contributed by atoms with Gasteiger partial charge in [0.05, 0.1) is 11.4 Å². The number of benzene rings is 1. The van der Waals surface area contributed by atoms with Crippen molar-refractivity contribution in [3.63, 3.8) is 0 Å². The summed E-state index contributed by atoms with van der Waals surface area (Å²) in [6.45, 7) is 3.12. The fraction of sp³-hybridized carbons (Fsp3) is 0.571. The molecule has 0 spiro atoms. The molecule has 2 nitrogen and oxygen atoms in total. The topological polar surface area (TPSA) is 29.3 Å². The lowest BCUT2D eigenvalue weighted by molar-refractivity contribution is 0.547. The zero-order chi connectivity index (χ0) is 12.4. The van der Waals surface area contributed by atoms with Gasteiger partial charge in [0.15, 0.2) is 0 Å². The van der Waals surface area contributed by atoms with Crippen molar-refractivity contribution < 1.29 is 0 Å². The molecule has 0 atom stereocenters. The van der Waals surface area contributed by atoms with E-state index in [9.17, 15) is 0 Å². The first-order valence-electron chi connectivity index (χ1n) is 6.34. The Morgan fingerprint density at radius 1 is 1.35 bits per heavy atom.